The van der Waals surface area contributed by atoms with Crippen molar-refractivity contribution in [3.05, 3.63) is 54.4 Å². The molecule has 7 heteroatoms. The highest BCUT2D eigenvalue weighted by Crippen LogP contribution is 2.23. The molecule has 6 nitrogen and oxygen atoms in total. The van der Waals surface area contributed by atoms with Crippen molar-refractivity contribution in [2.45, 2.75) is 25.5 Å². The van der Waals surface area contributed by atoms with Crippen molar-refractivity contribution in [3.63, 3.8) is 0 Å². The number of aromatic nitrogens is 4. The maximum atomic E-state index is 12.2. The predicted octanol–water partition coefficient (Wildman–Crippen LogP) is 3.40. The van der Waals surface area contributed by atoms with Gasteiger partial charge in [0.15, 0.2) is 11.0 Å². The Morgan fingerprint density at radius 1 is 1.20 bits per heavy atom. The Morgan fingerprint density at radius 2 is 2.04 bits per heavy atom. The summed E-state index contributed by atoms with van der Waals surface area (Å²) >= 11 is 1.38. The van der Waals surface area contributed by atoms with Crippen LogP contribution >= 0.6 is 11.8 Å². The lowest BCUT2D eigenvalue weighted by Crippen LogP contribution is -2.15. The average Bonchev–Trinajstić information content (AvgIpc) is 3.05. The maximum Gasteiger partial charge on any atom is 0.234 e. The normalized spacial score (nSPS) is 10.6. The molecule has 2 heterocycles. The molecule has 1 amide bonds. The number of thioether (sulfide) groups is 1. The number of benzene rings is 1. The SMILES string of the molecule is CCn1c(SCC(=O)Nc2ccccc2C)nnc1-c1cccnc1. The molecule has 3 rings (SSSR count). The van der Waals surface area contributed by atoms with Crippen LogP contribution in [0.15, 0.2) is 53.9 Å². The lowest BCUT2D eigenvalue weighted by atomic mass is 10.2. The molecule has 0 saturated carbocycles. The molecule has 1 N–H and O–H groups in total. The smallest absolute Gasteiger partial charge is 0.234 e. The van der Waals surface area contributed by atoms with Gasteiger partial charge < -0.3 is 9.88 Å². The van der Waals surface area contributed by atoms with Crippen molar-refractivity contribution in [3.8, 4) is 11.4 Å². The number of rotatable bonds is 6. The molecule has 0 aliphatic heterocycles. The first-order valence-corrected chi connectivity index (χ1v) is 8.99. The maximum absolute atomic E-state index is 12.2. The number of aryl methyl sites for hydroxylation is 1. The van der Waals surface area contributed by atoms with Crippen LogP contribution in [0.25, 0.3) is 11.4 Å². The molecule has 25 heavy (non-hydrogen) atoms. The predicted molar refractivity (Wildman–Crippen MR) is 99.5 cm³/mol. The number of pyridine rings is 1. The number of carbonyl (C=O) groups is 1. The monoisotopic (exact) mass is 353 g/mol. The number of hydrogen-bond donors (Lipinski definition) is 1. The summed E-state index contributed by atoms with van der Waals surface area (Å²) in [6.45, 7) is 4.72. The Labute approximate surface area is 150 Å². The van der Waals surface area contributed by atoms with Gasteiger partial charge in [-0.15, -0.1) is 10.2 Å². The molecule has 2 aromatic heterocycles. The first-order chi connectivity index (χ1) is 12.2. The van der Waals surface area contributed by atoms with Crippen molar-refractivity contribution in [2.75, 3.05) is 11.1 Å². The molecular weight excluding hydrogens is 334 g/mol. The van der Waals surface area contributed by atoms with Gasteiger partial charge in [0.1, 0.15) is 0 Å². The third kappa shape index (κ3) is 4.06. The number of amides is 1. The number of hydrogen-bond acceptors (Lipinski definition) is 5. The molecule has 0 bridgehead atoms. The number of para-hydroxylation sites is 1. The zero-order chi connectivity index (χ0) is 17.6. The molecule has 0 spiro atoms. The summed E-state index contributed by atoms with van der Waals surface area (Å²) in [5.74, 6) is 0.977. The molecule has 0 radical (unpaired) electrons. The van der Waals surface area contributed by atoms with Crippen LogP contribution in [0.5, 0.6) is 0 Å². The molecule has 0 unspecified atom stereocenters. The van der Waals surface area contributed by atoms with Gasteiger partial charge in [-0.1, -0.05) is 30.0 Å². The van der Waals surface area contributed by atoms with Gasteiger partial charge >= 0.3 is 0 Å². The van der Waals surface area contributed by atoms with Gasteiger partial charge in [0.05, 0.1) is 5.75 Å². The lowest BCUT2D eigenvalue weighted by Gasteiger charge is -2.09. The summed E-state index contributed by atoms with van der Waals surface area (Å²) in [5, 5.41) is 12.1. The van der Waals surface area contributed by atoms with E-state index < -0.39 is 0 Å². The second kappa shape index (κ2) is 7.94. The van der Waals surface area contributed by atoms with Crippen LogP contribution in [0.3, 0.4) is 0 Å². The molecule has 0 aliphatic carbocycles. The molecule has 0 saturated heterocycles. The van der Waals surface area contributed by atoms with Crippen molar-refractivity contribution in [1.82, 2.24) is 19.7 Å². The molecule has 0 aliphatic rings. The van der Waals surface area contributed by atoms with E-state index in [0.29, 0.717) is 0 Å². The van der Waals surface area contributed by atoms with Crippen LogP contribution in [0.4, 0.5) is 5.69 Å². The van der Waals surface area contributed by atoms with Gasteiger partial charge in [0.2, 0.25) is 5.91 Å². The van der Waals surface area contributed by atoms with E-state index in [1.807, 2.05) is 54.8 Å². The number of anilines is 1. The minimum Gasteiger partial charge on any atom is -0.325 e. The summed E-state index contributed by atoms with van der Waals surface area (Å²) in [4.78, 5) is 16.3. The van der Waals surface area contributed by atoms with Crippen LogP contribution in [0, 0.1) is 6.92 Å². The first kappa shape index (κ1) is 17.2. The van der Waals surface area contributed by atoms with Gasteiger partial charge in [-0.2, -0.15) is 0 Å². The Morgan fingerprint density at radius 3 is 2.76 bits per heavy atom. The van der Waals surface area contributed by atoms with Gasteiger partial charge in [0, 0.05) is 30.2 Å². The van der Waals surface area contributed by atoms with Crippen molar-refractivity contribution < 1.29 is 4.79 Å². The van der Waals surface area contributed by atoms with Crippen LogP contribution in [0.2, 0.25) is 0 Å². The molecule has 128 valence electrons. The van der Waals surface area contributed by atoms with Gasteiger partial charge in [-0.3, -0.25) is 9.78 Å². The number of nitrogens with one attached hydrogen (secondary N) is 1. The second-order valence-corrected chi connectivity index (χ2v) is 6.39. The first-order valence-electron chi connectivity index (χ1n) is 8.01. The second-order valence-electron chi connectivity index (χ2n) is 5.44. The third-order valence-electron chi connectivity index (χ3n) is 3.70. The number of carbonyl (C=O) groups excluding carboxylic acids is 1. The average molecular weight is 353 g/mol. The molecule has 1 aromatic carbocycles. The van der Waals surface area contributed by atoms with E-state index in [-0.39, 0.29) is 11.7 Å². The zero-order valence-electron chi connectivity index (χ0n) is 14.1. The van der Waals surface area contributed by atoms with Gasteiger partial charge in [-0.05, 0) is 37.6 Å². The Kier molecular flexibility index (Phi) is 5.45. The molecule has 0 fully saturated rings. The summed E-state index contributed by atoms with van der Waals surface area (Å²) in [7, 11) is 0. The fourth-order valence-corrected chi connectivity index (χ4v) is 3.22. The minimum absolute atomic E-state index is 0.0621. The van der Waals surface area contributed by atoms with E-state index in [2.05, 4.69) is 20.5 Å². The van der Waals surface area contributed by atoms with Gasteiger partial charge in [-0.25, -0.2) is 0 Å². The van der Waals surface area contributed by atoms with E-state index in [0.717, 1.165) is 34.3 Å². The van der Waals surface area contributed by atoms with E-state index in [1.165, 1.54) is 11.8 Å². The van der Waals surface area contributed by atoms with Crippen LogP contribution < -0.4 is 5.32 Å². The lowest BCUT2D eigenvalue weighted by molar-refractivity contribution is -0.113. The van der Waals surface area contributed by atoms with E-state index in [4.69, 9.17) is 0 Å². The standard InChI is InChI=1S/C18H19N5OS/c1-3-23-17(14-8-6-10-19-11-14)21-22-18(23)25-12-16(24)20-15-9-5-4-7-13(15)2/h4-11H,3,12H2,1-2H3,(H,20,24). The summed E-state index contributed by atoms with van der Waals surface area (Å²) in [6.07, 6.45) is 3.48. The minimum atomic E-state index is -0.0621. The highest BCUT2D eigenvalue weighted by molar-refractivity contribution is 7.99. The molecule has 3 aromatic rings. The van der Waals surface area contributed by atoms with E-state index in [1.54, 1.807) is 12.4 Å². The quantitative estimate of drug-likeness (QED) is 0.688. The largest absolute Gasteiger partial charge is 0.325 e. The topological polar surface area (TPSA) is 72.7 Å². The Balaban J connectivity index is 1.68. The molecular formula is C18H19N5OS. The fourth-order valence-electron chi connectivity index (χ4n) is 2.42. The van der Waals surface area contributed by atoms with Crippen LogP contribution in [-0.2, 0) is 11.3 Å². The van der Waals surface area contributed by atoms with Crippen molar-refractivity contribution >= 4 is 23.4 Å². The third-order valence-corrected chi connectivity index (χ3v) is 4.67. The fraction of sp³-hybridized carbons (Fsp3) is 0.222. The van der Waals surface area contributed by atoms with E-state index >= 15 is 0 Å². The Hall–Kier alpha value is -2.67. The highest BCUT2D eigenvalue weighted by atomic mass is 32.2. The summed E-state index contributed by atoms with van der Waals surface area (Å²) < 4.78 is 1.99. The highest BCUT2D eigenvalue weighted by Gasteiger charge is 2.14. The molecule has 0 atom stereocenters. The summed E-state index contributed by atoms with van der Waals surface area (Å²) in [5.41, 5.74) is 2.78. The Bertz CT molecular complexity index is 863. The number of nitrogens with zero attached hydrogens (tertiary/aromatic N) is 4. The van der Waals surface area contributed by atoms with Crippen molar-refractivity contribution in [1.29, 1.82) is 0 Å². The summed E-state index contributed by atoms with van der Waals surface area (Å²) in [6, 6.07) is 11.5. The van der Waals surface area contributed by atoms with Gasteiger partial charge in [0.25, 0.3) is 0 Å². The van der Waals surface area contributed by atoms with Crippen LogP contribution in [0.1, 0.15) is 12.5 Å². The van der Waals surface area contributed by atoms with Crippen molar-refractivity contribution in [2.24, 2.45) is 0 Å². The van der Waals surface area contributed by atoms with E-state index in [9.17, 15) is 4.79 Å². The van der Waals surface area contributed by atoms with Crippen LogP contribution in [-0.4, -0.2) is 31.4 Å². The zero-order valence-corrected chi connectivity index (χ0v) is 15.0.